The summed E-state index contributed by atoms with van der Waals surface area (Å²) in [6.07, 6.45) is 0. The Kier molecular flexibility index (Phi) is 64.6. The third-order valence-electron chi connectivity index (χ3n) is 0. The Hall–Kier alpha value is 3.13. The van der Waals surface area contributed by atoms with Crippen molar-refractivity contribution in [2.24, 2.45) is 0 Å². The number of hydrogen-bond donors (Lipinski definition) is 0. The van der Waals surface area contributed by atoms with E-state index in [0.717, 1.165) is 0 Å². The molecule has 0 unspecified atom stereocenters. The van der Waals surface area contributed by atoms with Crippen LogP contribution in [-0.4, -0.2) is 101 Å². The molecule has 0 spiro atoms. The van der Waals surface area contributed by atoms with E-state index >= 15 is 0 Å². The predicted octanol–water partition coefficient (Wildman–Crippen LogP) is -0.457. The summed E-state index contributed by atoms with van der Waals surface area (Å²) < 4.78 is 9.69. The summed E-state index contributed by atoms with van der Waals surface area (Å²) in [4.78, 5) is 0. The fourth-order valence-electron chi connectivity index (χ4n) is 0. The first-order chi connectivity index (χ1) is 1.00. The molecular weight excluding hydrogens is 116 g/mol. The molecular formula is H2F2K2. The van der Waals surface area contributed by atoms with Crippen LogP contribution in [0.4, 0.5) is 4.49 Å². The third-order valence-corrected chi connectivity index (χ3v) is 0. The molecule has 0 aliphatic heterocycles. The van der Waals surface area contributed by atoms with Crippen molar-refractivity contribution in [2.45, 2.75) is 0 Å². The fraction of sp³-hybridized carbons (Fsp3) is 0. The van der Waals surface area contributed by atoms with Gasteiger partial charge >= 0.3 is 101 Å². The van der Waals surface area contributed by atoms with Crippen LogP contribution in [0.15, 0.2) is 0 Å². The van der Waals surface area contributed by atoms with Crippen LogP contribution >= 0.6 is 0 Å². The zero-order chi connectivity index (χ0) is 2.00. The second-order valence-corrected chi connectivity index (χ2v) is 0. The van der Waals surface area contributed by atoms with E-state index in [9.17, 15) is -0.211 Å². The van der Waals surface area contributed by atoms with Gasteiger partial charge in [-0.25, -0.2) is 0 Å². The molecule has 4 heavy (non-hydrogen) atoms. The Bertz CT molecular complexity index is 4.00. The number of hydrogen-bond acceptors (Lipinski definition) is 0. The van der Waals surface area contributed by atoms with E-state index in [0.29, 0.717) is 0 Å². The molecule has 0 amide bonds. The van der Waals surface area contributed by atoms with Crippen molar-refractivity contribution in [3.63, 3.8) is 0 Å². The molecule has 0 aliphatic carbocycles. The minimum absolute atomic E-state index is 0. The van der Waals surface area contributed by atoms with Crippen LogP contribution in [-0.2, 0) is 0 Å². The molecule has 0 aromatic rings. The molecule has 0 rings (SSSR count). The van der Waals surface area contributed by atoms with E-state index in [1.807, 2.05) is 0 Å². The zero-order valence-corrected chi connectivity index (χ0v) is 4.91. The van der Waals surface area contributed by atoms with Crippen molar-refractivity contribution in [3.8, 4) is 0 Å². The number of rotatable bonds is 0. The van der Waals surface area contributed by atoms with Crippen LogP contribution in [0.3, 0.4) is 0 Å². The van der Waals surface area contributed by atoms with Crippen molar-refractivity contribution in [3.05, 3.63) is 0 Å². The van der Waals surface area contributed by atoms with Crippen LogP contribution in [0.5, 0.6) is 0 Å². The molecule has 0 fully saturated rings. The van der Waals surface area contributed by atoms with Gasteiger partial charge in [-0.2, -0.15) is 0 Å². The van der Waals surface area contributed by atoms with Crippen molar-refractivity contribution in [1.29, 1.82) is 0 Å². The summed E-state index contributed by atoms with van der Waals surface area (Å²) in [6.45, 7) is 0. The fourth-order valence-corrected chi connectivity index (χ4v) is 0. The summed E-state index contributed by atoms with van der Waals surface area (Å²) in [5, 5.41) is 0. The van der Waals surface area contributed by atoms with Crippen LogP contribution in [0.1, 0.15) is 0 Å². The minimum atomic E-state index is -0.438. The van der Waals surface area contributed by atoms with Crippen molar-refractivity contribution < 1.29 is 4.49 Å². The maximum atomic E-state index is 9.69. The van der Waals surface area contributed by atoms with Crippen LogP contribution < -0.4 is 0 Å². The zero-order valence-electron chi connectivity index (χ0n) is 1.79. The number of halogens is 2. The van der Waals surface area contributed by atoms with Gasteiger partial charge in [0.2, 0.25) is 0 Å². The Labute approximate surface area is 102 Å². The van der Waals surface area contributed by atoms with Gasteiger partial charge in [-0.05, 0) is 0 Å². The second-order valence-electron chi connectivity index (χ2n) is 0. The van der Waals surface area contributed by atoms with Gasteiger partial charge in [-0.3, -0.25) is 4.70 Å². The topological polar surface area (TPSA) is 0 Å². The summed E-state index contributed by atoms with van der Waals surface area (Å²) in [5.41, 5.74) is 0. The molecule has 0 saturated heterocycles. The van der Waals surface area contributed by atoms with Gasteiger partial charge < -0.3 is 0 Å². The first-order valence-electron chi connectivity index (χ1n) is 0.378. The summed E-state index contributed by atoms with van der Waals surface area (Å²) in [6, 6.07) is 0. The third kappa shape index (κ3) is 8.93. The van der Waals surface area contributed by atoms with E-state index in [2.05, 4.69) is 0 Å². The first-order valence-corrected chi connectivity index (χ1v) is 1.56. The van der Waals surface area contributed by atoms with Gasteiger partial charge in [0.1, 0.15) is 0 Å². The van der Waals surface area contributed by atoms with Gasteiger partial charge in [0.25, 0.3) is 0 Å². The molecule has 0 bridgehead atoms. The summed E-state index contributed by atoms with van der Waals surface area (Å²) >= 11 is -0.438. The van der Waals surface area contributed by atoms with Crippen LogP contribution in [0.2, 0.25) is 0 Å². The SMILES string of the molecule is F.[F][K].[KH]. The van der Waals surface area contributed by atoms with Gasteiger partial charge in [0, 0.05) is 0 Å². The molecule has 0 radical (unpaired) electrons. The monoisotopic (exact) mass is 118 g/mol. The van der Waals surface area contributed by atoms with E-state index in [4.69, 9.17) is 0 Å². The Morgan fingerprint density at radius 2 is 1.25 bits per heavy atom. The maximum absolute atomic E-state index is 9.69. The Morgan fingerprint density at radius 1 is 1.25 bits per heavy atom. The molecule has 4 heteroatoms. The van der Waals surface area contributed by atoms with E-state index < -0.39 is 49.9 Å². The molecule has 0 saturated carbocycles. The van der Waals surface area contributed by atoms with Crippen molar-refractivity contribution >= 4 is 101 Å². The molecule has 0 aromatic carbocycles. The average molecular weight is 118 g/mol. The van der Waals surface area contributed by atoms with E-state index in [1.165, 1.54) is 0 Å². The quantitative estimate of drug-likeness (QED) is 0.378. The van der Waals surface area contributed by atoms with Gasteiger partial charge in [0.15, 0.2) is 0 Å². The molecule has 0 atom stereocenters. The molecule has 18 valence electrons. The average Bonchev–Trinajstić information content (AvgIpc) is 1.00. The molecule has 0 nitrogen and oxygen atoms in total. The first kappa shape index (κ1) is 15.7. The summed E-state index contributed by atoms with van der Waals surface area (Å²) in [5.74, 6) is 0. The molecule has 0 heterocycles. The second kappa shape index (κ2) is 16.5. The van der Waals surface area contributed by atoms with E-state index in [-0.39, 0.29) is 56.1 Å². The summed E-state index contributed by atoms with van der Waals surface area (Å²) in [7, 11) is 0. The van der Waals surface area contributed by atoms with Crippen LogP contribution in [0.25, 0.3) is 0 Å². The van der Waals surface area contributed by atoms with Gasteiger partial charge in [0.05, 0.1) is 0 Å². The molecule has 0 aliphatic rings. The Morgan fingerprint density at radius 3 is 1.25 bits per heavy atom. The van der Waals surface area contributed by atoms with Crippen LogP contribution in [0, 0.1) is 0 Å². The normalized spacial score (nSPS) is 1.75. The molecule has 0 N–H and O–H groups in total. The van der Waals surface area contributed by atoms with Crippen molar-refractivity contribution in [1.82, 2.24) is 0 Å². The van der Waals surface area contributed by atoms with Gasteiger partial charge in [-0.1, -0.05) is 0 Å². The van der Waals surface area contributed by atoms with E-state index in [1.54, 1.807) is 0 Å². The predicted molar refractivity (Wildman–Crippen MR) is 16.5 cm³/mol. The van der Waals surface area contributed by atoms with Gasteiger partial charge in [-0.15, -0.1) is 0 Å². The standard InChI is InChI=1S/2FH.2K.H/h2*1H;;;/q;;;+1;/p-1. The Balaban J connectivity index is -0.00000000500. The van der Waals surface area contributed by atoms with Crippen molar-refractivity contribution in [2.75, 3.05) is 0 Å². The molecule has 0 aromatic heterocycles.